The van der Waals surface area contributed by atoms with Gasteiger partial charge < -0.3 is 4.74 Å². The van der Waals surface area contributed by atoms with Crippen molar-refractivity contribution in [3.05, 3.63) is 34.4 Å². The summed E-state index contributed by atoms with van der Waals surface area (Å²) >= 11 is 0. The zero-order chi connectivity index (χ0) is 14.6. The Bertz CT molecular complexity index is 530. The van der Waals surface area contributed by atoms with Crippen LogP contribution in [0.5, 0.6) is 0 Å². The number of esters is 1. The molecule has 0 atom stereocenters. The number of hydrogen-bond acceptors (Lipinski definition) is 3. The maximum absolute atomic E-state index is 13.1. The van der Waals surface area contributed by atoms with Gasteiger partial charge in [0.1, 0.15) is 0 Å². The Kier molecular flexibility index (Phi) is 4.54. The van der Waals surface area contributed by atoms with Crippen LogP contribution in [0, 0.1) is 11.3 Å². The number of hydrogen-bond donors (Lipinski definition) is 0. The lowest BCUT2D eigenvalue weighted by Gasteiger charge is -2.16. The average molecular weight is 271 g/mol. The highest BCUT2D eigenvalue weighted by Gasteiger charge is 2.39. The molecule has 0 radical (unpaired) electrons. The molecule has 6 heteroatoms. The van der Waals surface area contributed by atoms with E-state index in [-0.39, 0.29) is 18.6 Å². The topological polar surface area (TPSA) is 50.1 Å². The number of alkyl halides is 3. The summed E-state index contributed by atoms with van der Waals surface area (Å²) in [6.07, 6.45) is -4.54. The molecule has 0 aromatic heterocycles. The van der Waals surface area contributed by atoms with Gasteiger partial charge in [-0.3, -0.25) is 0 Å². The molecule has 0 aliphatic rings. The number of ether oxygens (including phenoxy) is 1. The maximum Gasteiger partial charge on any atom is 0.418 e. The van der Waals surface area contributed by atoms with Crippen molar-refractivity contribution in [3.8, 4) is 6.07 Å². The highest BCUT2D eigenvalue weighted by Crippen LogP contribution is 2.36. The van der Waals surface area contributed by atoms with E-state index in [1.807, 2.05) is 0 Å². The third kappa shape index (κ3) is 3.05. The summed E-state index contributed by atoms with van der Waals surface area (Å²) in [4.78, 5) is 11.7. The molecule has 0 spiro atoms. The van der Waals surface area contributed by atoms with Gasteiger partial charge in [-0.2, -0.15) is 18.4 Å². The maximum atomic E-state index is 13.1. The SMILES string of the molecule is CCOC(=O)c1c(CC)ccc(C#N)c1C(F)(F)F. The first-order chi connectivity index (χ1) is 8.86. The van der Waals surface area contributed by atoms with Crippen LogP contribution in [0.4, 0.5) is 13.2 Å². The Balaban J connectivity index is 3.63. The number of carbonyl (C=O) groups is 1. The van der Waals surface area contributed by atoms with Crippen molar-refractivity contribution < 1.29 is 22.7 Å². The predicted octanol–water partition coefficient (Wildman–Crippen LogP) is 3.32. The van der Waals surface area contributed by atoms with Gasteiger partial charge in [0.15, 0.2) is 0 Å². The molecule has 0 bridgehead atoms. The fraction of sp³-hybridized carbons (Fsp3) is 0.385. The molecule has 0 aliphatic carbocycles. The summed E-state index contributed by atoms with van der Waals surface area (Å²) in [5.74, 6) is -1.05. The van der Waals surface area contributed by atoms with Gasteiger partial charge in [-0.25, -0.2) is 4.79 Å². The smallest absolute Gasteiger partial charge is 0.418 e. The lowest BCUT2D eigenvalue weighted by molar-refractivity contribution is -0.138. The van der Waals surface area contributed by atoms with Crippen LogP contribution >= 0.6 is 0 Å². The van der Waals surface area contributed by atoms with Crippen LogP contribution in [-0.2, 0) is 17.3 Å². The van der Waals surface area contributed by atoms with Crippen LogP contribution in [0.3, 0.4) is 0 Å². The molecule has 0 unspecified atom stereocenters. The van der Waals surface area contributed by atoms with E-state index in [1.165, 1.54) is 19.1 Å². The van der Waals surface area contributed by atoms with Crippen LogP contribution < -0.4 is 0 Å². The third-order valence-electron chi connectivity index (χ3n) is 2.56. The molecule has 0 saturated heterocycles. The van der Waals surface area contributed by atoms with E-state index in [0.29, 0.717) is 0 Å². The molecule has 0 N–H and O–H groups in total. The summed E-state index contributed by atoms with van der Waals surface area (Å²) < 4.78 is 43.8. The Hall–Kier alpha value is -2.03. The zero-order valence-corrected chi connectivity index (χ0v) is 10.5. The molecule has 102 valence electrons. The summed E-state index contributed by atoms with van der Waals surface area (Å²) in [5, 5.41) is 8.78. The van der Waals surface area contributed by atoms with Crippen molar-refractivity contribution in [3.63, 3.8) is 0 Å². The molecular formula is C13H12F3NO2. The summed E-state index contributed by atoms with van der Waals surface area (Å²) in [6.45, 7) is 3.10. The van der Waals surface area contributed by atoms with E-state index in [9.17, 15) is 18.0 Å². The quantitative estimate of drug-likeness (QED) is 0.792. The minimum Gasteiger partial charge on any atom is -0.462 e. The van der Waals surface area contributed by atoms with Gasteiger partial charge >= 0.3 is 12.1 Å². The van der Waals surface area contributed by atoms with Gasteiger partial charge in [-0.05, 0) is 25.0 Å². The van der Waals surface area contributed by atoms with Crippen molar-refractivity contribution in [2.45, 2.75) is 26.4 Å². The lowest BCUT2D eigenvalue weighted by Crippen LogP contribution is -2.19. The number of benzene rings is 1. The number of aryl methyl sites for hydroxylation is 1. The Morgan fingerprint density at radius 3 is 2.42 bits per heavy atom. The number of nitrogens with zero attached hydrogens (tertiary/aromatic N) is 1. The Morgan fingerprint density at radius 2 is 2.00 bits per heavy atom. The molecular weight excluding hydrogens is 259 g/mol. The third-order valence-corrected chi connectivity index (χ3v) is 2.56. The van der Waals surface area contributed by atoms with Crippen LogP contribution in [0.25, 0.3) is 0 Å². The first-order valence-corrected chi connectivity index (χ1v) is 5.67. The van der Waals surface area contributed by atoms with Crippen molar-refractivity contribution in [2.24, 2.45) is 0 Å². The van der Waals surface area contributed by atoms with E-state index in [1.54, 1.807) is 6.92 Å². The van der Waals surface area contributed by atoms with Crippen LogP contribution in [0.15, 0.2) is 12.1 Å². The first kappa shape index (κ1) is 15.0. The van der Waals surface area contributed by atoms with Gasteiger partial charge in [-0.15, -0.1) is 0 Å². The highest BCUT2D eigenvalue weighted by molar-refractivity contribution is 5.94. The molecule has 1 rings (SSSR count). The van der Waals surface area contributed by atoms with Crippen molar-refractivity contribution in [2.75, 3.05) is 6.61 Å². The highest BCUT2D eigenvalue weighted by atomic mass is 19.4. The zero-order valence-electron chi connectivity index (χ0n) is 10.5. The number of nitriles is 1. The normalized spacial score (nSPS) is 10.9. The molecule has 0 aliphatic heterocycles. The van der Waals surface area contributed by atoms with E-state index in [2.05, 4.69) is 4.74 Å². The van der Waals surface area contributed by atoms with Crippen LogP contribution in [0.2, 0.25) is 0 Å². The fourth-order valence-electron chi connectivity index (χ4n) is 1.76. The van der Waals surface area contributed by atoms with Gasteiger partial charge in [0.2, 0.25) is 0 Å². The summed E-state index contributed by atoms with van der Waals surface area (Å²) in [7, 11) is 0. The molecule has 0 saturated carbocycles. The van der Waals surface area contributed by atoms with Gasteiger partial charge in [-0.1, -0.05) is 13.0 Å². The standard InChI is InChI=1S/C13H12F3NO2/c1-3-8-5-6-9(7-17)11(13(14,15)16)10(8)12(18)19-4-2/h5-6H,3-4H2,1-2H3. The van der Waals surface area contributed by atoms with Gasteiger partial charge in [0, 0.05) is 0 Å². The molecule has 19 heavy (non-hydrogen) atoms. The number of halogens is 3. The second-order valence-corrected chi connectivity index (χ2v) is 3.71. The fourth-order valence-corrected chi connectivity index (χ4v) is 1.76. The molecule has 0 amide bonds. The van der Waals surface area contributed by atoms with Crippen molar-refractivity contribution in [1.82, 2.24) is 0 Å². The van der Waals surface area contributed by atoms with E-state index in [0.717, 1.165) is 6.07 Å². The second-order valence-electron chi connectivity index (χ2n) is 3.71. The molecule has 0 heterocycles. The molecule has 1 aromatic carbocycles. The molecule has 3 nitrogen and oxygen atoms in total. The first-order valence-electron chi connectivity index (χ1n) is 5.67. The lowest BCUT2D eigenvalue weighted by atomic mass is 9.94. The summed E-state index contributed by atoms with van der Waals surface area (Å²) in [6, 6.07) is 3.88. The Morgan fingerprint density at radius 1 is 1.37 bits per heavy atom. The second kappa shape index (κ2) is 5.74. The largest absolute Gasteiger partial charge is 0.462 e. The minimum absolute atomic E-state index is 0.0317. The molecule has 1 aromatic rings. The molecule has 0 fully saturated rings. The van der Waals surface area contributed by atoms with Crippen LogP contribution in [0.1, 0.15) is 40.9 Å². The Labute approximate surface area is 108 Å². The summed E-state index contributed by atoms with van der Waals surface area (Å²) in [5.41, 5.74) is -2.14. The van der Waals surface area contributed by atoms with Crippen molar-refractivity contribution in [1.29, 1.82) is 5.26 Å². The number of rotatable bonds is 3. The number of carbonyl (C=O) groups excluding carboxylic acids is 1. The van der Waals surface area contributed by atoms with E-state index < -0.39 is 28.8 Å². The van der Waals surface area contributed by atoms with Crippen LogP contribution in [-0.4, -0.2) is 12.6 Å². The van der Waals surface area contributed by atoms with Gasteiger partial charge in [0.05, 0.1) is 29.4 Å². The monoisotopic (exact) mass is 271 g/mol. The van der Waals surface area contributed by atoms with E-state index >= 15 is 0 Å². The van der Waals surface area contributed by atoms with Gasteiger partial charge in [0.25, 0.3) is 0 Å². The van der Waals surface area contributed by atoms with E-state index in [4.69, 9.17) is 5.26 Å². The predicted molar refractivity (Wildman–Crippen MR) is 61.5 cm³/mol. The van der Waals surface area contributed by atoms with Crippen molar-refractivity contribution >= 4 is 5.97 Å². The minimum atomic E-state index is -4.78. The average Bonchev–Trinajstić information content (AvgIpc) is 2.36.